The van der Waals surface area contributed by atoms with E-state index in [1.807, 2.05) is 0 Å². The van der Waals surface area contributed by atoms with Gasteiger partial charge in [0.25, 0.3) is 0 Å². The number of amides is 4. The zero-order chi connectivity index (χ0) is 29.3. The molecule has 0 rings (SSSR count). The number of hydrogen-bond acceptors (Lipinski definition) is 9. The monoisotopic (exact) mass is 562 g/mol. The summed E-state index contributed by atoms with van der Waals surface area (Å²) in [6.45, 7) is 0.261. The van der Waals surface area contributed by atoms with Crippen molar-refractivity contribution in [3.8, 4) is 0 Å². The molecule has 0 aromatic heterocycles. The number of hydrogen-bond donors (Lipinski definition) is 9. The fourth-order valence-electron chi connectivity index (χ4n) is 3.06. The quantitative estimate of drug-likeness (QED) is 0.0402. The average molecular weight is 563 g/mol. The van der Waals surface area contributed by atoms with Crippen LogP contribution in [0, 0.1) is 0 Å². The molecule has 0 heterocycles. The molecule has 13 N–H and O–H groups in total. The number of aliphatic imine (C=N–C) groups is 1. The predicted molar refractivity (Wildman–Crippen MR) is 140 cm³/mol. The Morgan fingerprint density at radius 1 is 0.789 bits per heavy atom. The first kappa shape index (κ1) is 34.4. The molecular weight excluding hydrogens is 524 g/mol. The molecular formula is C21H38N8O8S. The Balaban J connectivity index is 5.47. The minimum atomic E-state index is -1.50. The lowest BCUT2D eigenvalue weighted by Gasteiger charge is -2.25. The summed E-state index contributed by atoms with van der Waals surface area (Å²) in [6, 6.07) is -5.01. The fourth-order valence-corrected chi connectivity index (χ4v) is 3.53. The summed E-state index contributed by atoms with van der Waals surface area (Å²) in [5.41, 5.74) is 21.4. The zero-order valence-corrected chi connectivity index (χ0v) is 22.0. The molecule has 4 unspecified atom stereocenters. The van der Waals surface area contributed by atoms with E-state index >= 15 is 0 Å². The Kier molecular flexibility index (Phi) is 16.9. The van der Waals surface area contributed by atoms with E-state index in [9.17, 15) is 33.9 Å². The van der Waals surface area contributed by atoms with E-state index < -0.39 is 66.2 Å². The summed E-state index contributed by atoms with van der Waals surface area (Å²) >= 11 is 1.40. The van der Waals surface area contributed by atoms with Gasteiger partial charge < -0.3 is 49.1 Å². The van der Waals surface area contributed by atoms with Gasteiger partial charge in [-0.2, -0.15) is 11.8 Å². The highest BCUT2D eigenvalue weighted by molar-refractivity contribution is 7.98. The molecule has 0 aromatic carbocycles. The maximum absolute atomic E-state index is 13.0. The second kappa shape index (κ2) is 18.6. The summed E-state index contributed by atoms with van der Waals surface area (Å²) in [4.78, 5) is 75.7. The first-order valence-corrected chi connectivity index (χ1v) is 13.1. The van der Waals surface area contributed by atoms with Gasteiger partial charge in [-0.05, 0) is 44.1 Å². The lowest BCUT2D eigenvalue weighted by molar-refractivity contribution is -0.143. The summed E-state index contributed by atoms with van der Waals surface area (Å²) in [5.74, 6) is -5.49. The Morgan fingerprint density at radius 3 is 1.82 bits per heavy atom. The molecule has 17 heteroatoms. The number of aliphatic carboxylic acids is 2. The van der Waals surface area contributed by atoms with Crippen molar-refractivity contribution in [2.75, 3.05) is 18.6 Å². The first-order valence-electron chi connectivity index (χ1n) is 11.7. The lowest BCUT2D eigenvalue weighted by atomic mass is 10.1. The van der Waals surface area contributed by atoms with Gasteiger partial charge in [-0.15, -0.1) is 0 Å². The summed E-state index contributed by atoms with van der Waals surface area (Å²) in [5, 5.41) is 25.5. The van der Waals surface area contributed by atoms with Crippen LogP contribution in [0.4, 0.5) is 0 Å². The molecule has 0 spiro atoms. The van der Waals surface area contributed by atoms with Crippen LogP contribution >= 0.6 is 11.8 Å². The maximum atomic E-state index is 13.0. The van der Waals surface area contributed by atoms with E-state index in [2.05, 4.69) is 20.9 Å². The standard InChI is InChI=1S/C21H38N8O8S/c1-38-10-8-13(27-17(33)11(22)3-2-9-26-21(24)25)19(35)28-12(5-7-16(31)32)18(34)29-14(20(36)37)4-6-15(23)30/h11-14H,2-10,22H2,1H3,(H2,23,30)(H,27,33)(H,28,35)(H,29,34)(H,31,32)(H,36,37)(H4,24,25,26). The van der Waals surface area contributed by atoms with Crippen LogP contribution in [0.25, 0.3) is 0 Å². The van der Waals surface area contributed by atoms with Crippen LogP contribution in [0.15, 0.2) is 4.99 Å². The second-order valence-corrected chi connectivity index (χ2v) is 9.28. The zero-order valence-electron chi connectivity index (χ0n) is 21.2. The molecule has 216 valence electrons. The number of carbonyl (C=O) groups is 6. The van der Waals surface area contributed by atoms with Crippen LogP contribution < -0.4 is 38.9 Å². The van der Waals surface area contributed by atoms with Crippen molar-refractivity contribution >= 4 is 53.3 Å². The normalized spacial score (nSPS) is 13.7. The van der Waals surface area contributed by atoms with Gasteiger partial charge in [-0.3, -0.25) is 29.0 Å². The van der Waals surface area contributed by atoms with Crippen LogP contribution in [0.5, 0.6) is 0 Å². The van der Waals surface area contributed by atoms with E-state index in [4.69, 9.17) is 28.0 Å². The molecule has 0 aliphatic heterocycles. The third-order valence-electron chi connectivity index (χ3n) is 5.12. The molecule has 4 amide bonds. The van der Waals surface area contributed by atoms with E-state index in [1.165, 1.54) is 11.8 Å². The molecule has 0 aliphatic carbocycles. The number of guanidine groups is 1. The van der Waals surface area contributed by atoms with Gasteiger partial charge in [0, 0.05) is 19.4 Å². The van der Waals surface area contributed by atoms with Crippen molar-refractivity contribution in [1.82, 2.24) is 16.0 Å². The highest BCUT2D eigenvalue weighted by atomic mass is 32.2. The third kappa shape index (κ3) is 15.5. The molecule has 16 nitrogen and oxygen atoms in total. The number of thioether (sulfide) groups is 1. The minimum absolute atomic E-state index is 0.0964. The molecule has 0 saturated heterocycles. The second-order valence-electron chi connectivity index (χ2n) is 8.30. The number of rotatable bonds is 20. The molecule has 0 saturated carbocycles. The Hall–Kier alpha value is -3.60. The lowest BCUT2D eigenvalue weighted by Crippen LogP contribution is -2.57. The number of primary amides is 1. The number of carbonyl (C=O) groups excluding carboxylic acids is 4. The number of carboxylic acid groups (broad SMARTS) is 2. The highest BCUT2D eigenvalue weighted by Crippen LogP contribution is 2.07. The number of nitrogens with one attached hydrogen (secondary N) is 3. The predicted octanol–water partition coefficient (Wildman–Crippen LogP) is -3.21. The van der Waals surface area contributed by atoms with Crippen molar-refractivity contribution in [3.63, 3.8) is 0 Å². The van der Waals surface area contributed by atoms with Crippen LogP contribution in [0.3, 0.4) is 0 Å². The van der Waals surface area contributed by atoms with Crippen molar-refractivity contribution in [3.05, 3.63) is 0 Å². The SMILES string of the molecule is CSCCC(NC(=O)C(N)CCCN=C(N)N)C(=O)NC(CCC(=O)O)C(=O)NC(CCC(N)=O)C(=O)O. The third-order valence-corrected chi connectivity index (χ3v) is 5.77. The summed E-state index contributed by atoms with van der Waals surface area (Å²) < 4.78 is 0. The van der Waals surface area contributed by atoms with Crippen LogP contribution in [0.1, 0.15) is 44.9 Å². The van der Waals surface area contributed by atoms with Gasteiger partial charge in [0.2, 0.25) is 23.6 Å². The highest BCUT2D eigenvalue weighted by Gasteiger charge is 2.30. The molecule has 0 aliphatic rings. The fraction of sp³-hybridized carbons (Fsp3) is 0.667. The molecule has 0 bridgehead atoms. The number of nitrogens with zero attached hydrogens (tertiary/aromatic N) is 1. The first-order chi connectivity index (χ1) is 17.8. The van der Waals surface area contributed by atoms with Gasteiger partial charge >= 0.3 is 11.9 Å². The van der Waals surface area contributed by atoms with Gasteiger partial charge in [0.05, 0.1) is 6.04 Å². The van der Waals surface area contributed by atoms with Gasteiger partial charge in [0.15, 0.2) is 5.96 Å². The van der Waals surface area contributed by atoms with Crippen molar-refractivity contribution in [1.29, 1.82) is 0 Å². The summed E-state index contributed by atoms with van der Waals surface area (Å²) in [6.07, 6.45) is 1.10. The topological polar surface area (TPSA) is 295 Å². The number of nitrogens with two attached hydrogens (primary N) is 4. The van der Waals surface area contributed by atoms with Crippen LogP contribution in [-0.4, -0.2) is 94.5 Å². The molecule has 0 aromatic rings. The van der Waals surface area contributed by atoms with Gasteiger partial charge in [-0.25, -0.2) is 4.79 Å². The summed E-state index contributed by atoms with van der Waals surface area (Å²) in [7, 11) is 0. The van der Waals surface area contributed by atoms with Crippen molar-refractivity contribution in [2.45, 2.75) is 69.1 Å². The maximum Gasteiger partial charge on any atom is 0.326 e. The van der Waals surface area contributed by atoms with Crippen LogP contribution in [0.2, 0.25) is 0 Å². The molecule has 4 atom stereocenters. The molecule has 0 radical (unpaired) electrons. The van der Waals surface area contributed by atoms with Crippen molar-refractivity contribution in [2.24, 2.45) is 27.9 Å². The van der Waals surface area contributed by atoms with E-state index in [0.29, 0.717) is 12.2 Å². The van der Waals surface area contributed by atoms with Crippen molar-refractivity contribution < 1.29 is 39.0 Å². The molecule has 38 heavy (non-hydrogen) atoms. The molecule has 0 fully saturated rings. The minimum Gasteiger partial charge on any atom is -0.481 e. The average Bonchev–Trinajstić information content (AvgIpc) is 2.83. The smallest absolute Gasteiger partial charge is 0.326 e. The largest absolute Gasteiger partial charge is 0.481 e. The Morgan fingerprint density at radius 2 is 1.32 bits per heavy atom. The number of carboxylic acids is 2. The van der Waals surface area contributed by atoms with E-state index in [-0.39, 0.29) is 44.6 Å². The van der Waals surface area contributed by atoms with Gasteiger partial charge in [0.1, 0.15) is 18.1 Å². The Bertz CT molecular complexity index is 868. The van der Waals surface area contributed by atoms with Crippen LogP contribution in [-0.2, 0) is 28.8 Å². The van der Waals surface area contributed by atoms with E-state index in [1.54, 1.807) is 6.26 Å². The van der Waals surface area contributed by atoms with Gasteiger partial charge in [-0.1, -0.05) is 0 Å². The van der Waals surface area contributed by atoms with E-state index in [0.717, 1.165) is 0 Å². The Labute approximate surface area is 224 Å².